The first kappa shape index (κ1) is 16.1. The lowest BCUT2D eigenvalue weighted by molar-refractivity contribution is 0.0600. The molecule has 0 atom stereocenters. The molecule has 2 aromatic carbocycles. The van der Waals surface area contributed by atoms with E-state index in [2.05, 4.69) is 14.9 Å². The zero-order valence-electron chi connectivity index (χ0n) is 12.6. The van der Waals surface area contributed by atoms with Gasteiger partial charge in [0.25, 0.3) is 5.89 Å². The van der Waals surface area contributed by atoms with Crippen LogP contribution in [-0.2, 0) is 11.2 Å². The molecule has 0 N–H and O–H groups in total. The molecular formula is C17H12ClFN2O3. The third kappa shape index (κ3) is 3.44. The number of hydrogen-bond donors (Lipinski definition) is 0. The minimum absolute atomic E-state index is 0.309. The molecule has 0 fully saturated rings. The first-order valence-electron chi connectivity index (χ1n) is 7.02. The van der Waals surface area contributed by atoms with Gasteiger partial charge >= 0.3 is 5.97 Å². The van der Waals surface area contributed by atoms with Gasteiger partial charge in [0.1, 0.15) is 5.82 Å². The summed E-state index contributed by atoms with van der Waals surface area (Å²) in [5, 5.41) is 4.20. The van der Waals surface area contributed by atoms with Crippen LogP contribution in [0.3, 0.4) is 0 Å². The average Bonchev–Trinajstić information content (AvgIpc) is 3.05. The van der Waals surface area contributed by atoms with Gasteiger partial charge in [-0.1, -0.05) is 22.8 Å². The molecule has 0 aliphatic carbocycles. The van der Waals surface area contributed by atoms with Crippen LogP contribution in [0.15, 0.2) is 47.0 Å². The second-order valence-corrected chi connectivity index (χ2v) is 5.40. The van der Waals surface area contributed by atoms with Gasteiger partial charge in [0.05, 0.1) is 12.7 Å². The molecular weight excluding hydrogens is 335 g/mol. The number of aromatic nitrogens is 2. The van der Waals surface area contributed by atoms with Crippen LogP contribution in [0.5, 0.6) is 0 Å². The molecule has 1 heterocycles. The summed E-state index contributed by atoms with van der Waals surface area (Å²) in [6.07, 6.45) is 0.322. The van der Waals surface area contributed by atoms with Crippen LogP contribution in [0.2, 0.25) is 5.02 Å². The van der Waals surface area contributed by atoms with Gasteiger partial charge in [-0.05, 0) is 42.0 Å². The molecule has 0 aliphatic heterocycles. The Bertz CT molecular complexity index is 878. The highest BCUT2D eigenvalue weighted by molar-refractivity contribution is 6.31. The van der Waals surface area contributed by atoms with E-state index >= 15 is 0 Å². The van der Waals surface area contributed by atoms with E-state index in [1.54, 1.807) is 30.3 Å². The Morgan fingerprint density at radius 3 is 2.67 bits per heavy atom. The van der Waals surface area contributed by atoms with Crippen molar-refractivity contribution < 1.29 is 18.4 Å². The summed E-state index contributed by atoms with van der Waals surface area (Å²) in [7, 11) is 1.32. The predicted octanol–water partition coefficient (Wildman–Crippen LogP) is 3.91. The van der Waals surface area contributed by atoms with Crippen LogP contribution in [0, 0.1) is 5.82 Å². The largest absolute Gasteiger partial charge is 0.465 e. The Labute approximate surface area is 142 Å². The number of nitrogens with zero attached hydrogens (tertiary/aromatic N) is 2. The molecule has 0 radical (unpaired) electrons. The highest BCUT2D eigenvalue weighted by Crippen LogP contribution is 2.22. The van der Waals surface area contributed by atoms with Crippen molar-refractivity contribution >= 4 is 17.6 Å². The van der Waals surface area contributed by atoms with Crippen molar-refractivity contribution in [2.24, 2.45) is 0 Å². The summed E-state index contributed by atoms with van der Waals surface area (Å²) in [6, 6.07) is 10.8. The Hall–Kier alpha value is -2.73. The molecule has 0 bridgehead atoms. The normalized spacial score (nSPS) is 10.6. The summed E-state index contributed by atoms with van der Waals surface area (Å²) in [4.78, 5) is 15.7. The molecule has 0 unspecified atom stereocenters. The van der Waals surface area contributed by atoms with E-state index in [9.17, 15) is 9.18 Å². The van der Waals surface area contributed by atoms with Gasteiger partial charge in [0.2, 0.25) is 0 Å². The monoisotopic (exact) mass is 346 g/mol. The van der Waals surface area contributed by atoms with Crippen LogP contribution >= 0.6 is 11.6 Å². The van der Waals surface area contributed by atoms with Gasteiger partial charge in [-0.2, -0.15) is 4.98 Å². The number of carbonyl (C=O) groups excluding carboxylic acids is 1. The summed E-state index contributed by atoms with van der Waals surface area (Å²) >= 11 is 5.99. The molecule has 3 aromatic rings. The van der Waals surface area contributed by atoms with Crippen LogP contribution in [0.4, 0.5) is 4.39 Å². The maximum Gasteiger partial charge on any atom is 0.337 e. The quantitative estimate of drug-likeness (QED) is 0.670. The van der Waals surface area contributed by atoms with Crippen molar-refractivity contribution in [2.45, 2.75) is 6.42 Å². The predicted molar refractivity (Wildman–Crippen MR) is 85.3 cm³/mol. The fraction of sp³-hybridized carbons (Fsp3) is 0.118. The number of ether oxygens (including phenoxy) is 1. The molecule has 0 amide bonds. The van der Waals surface area contributed by atoms with E-state index in [1.165, 1.54) is 19.2 Å². The number of hydrogen-bond acceptors (Lipinski definition) is 5. The molecule has 7 heteroatoms. The Balaban J connectivity index is 1.79. The maximum atomic E-state index is 13.1. The lowest BCUT2D eigenvalue weighted by atomic mass is 10.1. The number of carbonyl (C=O) groups is 1. The maximum absolute atomic E-state index is 13.1. The van der Waals surface area contributed by atoms with Crippen molar-refractivity contribution in [3.63, 3.8) is 0 Å². The van der Waals surface area contributed by atoms with Crippen molar-refractivity contribution in [1.29, 1.82) is 0 Å². The first-order chi connectivity index (χ1) is 11.6. The minimum Gasteiger partial charge on any atom is -0.465 e. The van der Waals surface area contributed by atoms with Crippen molar-refractivity contribution in [1.82, 2.24) is 10.1 Å². The number of benzene rings is 2. The molecule has 0 aliphatic rings. The van der Waals surface area contributed by atoms with Gasteiger partial charge < -0.3 is 9.26 Å². The highest BCUT2D eigenvalue weighted by Gasteiger charge is 2.12. The van der Waals surface area contributed by atoms with Crippen molar-refractivity contribution in [2.75, 3.05) is 7.11 Å². The molecule has 0 saturated heterocycles. The molecule has 0 saturated carbocycles. The average molecular weight is 347 g/mol. The molecule has 1 aromatic heterocycles. The van der Waals surface area contributed by atoms with E-state index in [-0.39, 0.29) is 0 Å². The minimum atomic E-state index is -0.418. The van der Waals surface area contributed by atoms with E-state index < -0.39 is 11.8 Å². The SMILES string of the molecule is COC(=O)c1ccc(-c2nc(Cc3ccc(F)cc3Cl)no2)cc1. The zero-order chi connectivity index (χ0) is 17.1. The fourth-order valence-corrected chi connectivity index (χ4v) is 2.38. The van der Waals surface area contributed by atoms with Gasteiger partial charge in [-0.25, -0.2) is 9.18 Å². The summed E-state index contributed by atoms with van der Waals surface area (Å²) in [6.45, 7) is 0. The lowest BCUT2D eigenvalue weighted by Gasteiger charge is -2.00. The third-order valence-electron chi connectivity index (χ3n) is 3.38. The third-order valence-corrected chi connectivity index (χ3v) is 3.74. The van der Waals surface area contributed by atoms with Crippen LogP contribution in [0.1, 0.15) is 21.7 Å². The number of halogens is 2. The van der Waals surface area contributed by atoms with E-state index in [4.69, 9.17) is 16.1 Å². The number of esters is 1. The van der Waals surface area contributed by atoms with Crippen molar-refractivity contribution in [3.8, 4) is 11.5 Å². The highest BCUT2D eigenvalue weighted by atomic mass is 35.5. The van der Waals surface area contributed by atoms with Gasteiger partial charge in [-0.15, -0.1) is 0 Å². The summed E-state index contributed by atoms with van der Waals surface area (Å²) in [5.41, 5.74) is 1.80. The molecule has 24 heavy (non-hydrogen) atoms. The fourth-order valence-electron chi connectivity index (χ4n) is 2.15. The molecule has 122 valence electrons. The Kier molecular flexibility index (Phi) is 4.57. The molecule has 3 rings (SSSR count). The lowest BCUT2D eigenvalue weighted by Crippen LogP contribution is -2.00. The summed E-state index contributed by atoms with van der Waals surface area (Å²) < 4.78 is 22.9. The standard InChI is InChI=1S/C17H12ClFN2O3/c1-23-17(22)11-4-2-10(3-5-11)16-20-15(21-24-16)8-12-6-7-13(19)9-14(12)18/h2-7,9H,8H2,1H3. The van der Waals surface area contributed by atoms with Crippen LogP contribution in [-0.4, -0.2) is 23.2 Å². The van der Waals surface area contributed by atoms with Crippen molar-refractivity contribution in [3.05, 3.63) is 70.3 Å². The van der Waals surface area contributed by atoms with Crippen LogP contribution < -0.4 is 0 Å². The van der Waals surface area contributed by atoms with E-state index in [1.807, 2.05) is 0 Å². The molecule has 0 spiro atoms. The van der Waals surface area contributed by atoms with Gasteiger partial charge in [-0.3, -0.25) is 0 Å². The smallest absolute Gasteiger partial charge is 0.337 e. The van der Waals surface area contributed by atoms with E-state index in [0.717, 1.165) is 0 Å². The Morgan fingerprint density at radius 1 is 1.25 bits per heavy atom. The number of rotatable bonds is 4. The topological polar surface area (TPSA) is 65.2 Å². The zero-order valence-corrected chi connectivity index (χ0v) is 13.4. The van der Waals surface area contributed by atoms with Gasteiger partial charge in [0.15, 0.2) is 5.82 Å². The Morgan fingerprint density at radius 2 is 2.00 bits per heavy atom. The second kappa shape index (κ2) is 6.80. The van der Waals surface area contributed by atoms with Crippen LogP contribution in [0.25, 0.3) is 11.5 Å². The second-order valence-electron chi connectivity index (χ2n) is 5.00. The first-order valence-corrected chi connectivity index (χ1v) is 7.40. The van der Waals surface area contributed by atoms with Gasteiger partial charge in [0, 0.05) is 17.0 Å². The van der Waals surface area contributed by atoms with E-state index in [0.29, 0.717) is 39.8 Å². The number of methoxy groups -OCH3 is 1. The molecule has 5 nitrogen and oxygen atoms in total. The summed E-state index contributed by atoms with van der Waals surface area (Å²) in [5.74, 6) is -0.0721.